The standard InChI is InChI=1S/C28H38O15/c1-4-27(3,37)9-5-6-14(2)23(35)43-24(36)16-10-15(7-8-17(16)31)40-25-21(20(33)19(32)18(11-29)41-25)42-26-22(34)28(38,12-30)13-39-26/h4,6-8,10,18-22,25-26,29-34,37-38H,1,5,9,11-13H2,2-3H3/t18-,19-,20+,21-,22-,25-,26+,27-,28+/m1/s1. The fraction of sp³-hybridized carbons (Fsp3) is 0.571. The highest BCUT2D eigenvalue weighted by atomic mass is 16.8. The van der Waals surface area contributed by atoms with Gasteiger partial charge in [-0.25, -0.2) is 9.59 Å². The van der Waals surface area contributed by atoms with Crippen LogP contribution in [0.15, 0.2) is 42.5 Å². The van der Waals surface area contributed by atoms with E-state index in [4.69, 9.17) is 23.7 Å². The molecule has 3 rings (SSSR count). The zero-order valence-electron chi connectivity index (χ0n) is 23.6. The zero-order chi connectivity index (χ0) is 32.1. The second-order valence-electron chi connectivity index (χ2n) is 10.7. The lowest BCUT2D eigenvalue weighted by molar-refractivity contribution is -0.318. The van der Waals surface area contributed by atoms with Crippen molar-refractivity contribution in [1.82, 2.24) is 0 Å². The van der Waals surface area contributed by atoms with Crippen LogP contribution in [0.25, 0.3) is 0 Å². The molecule has 0 bridgehead atoms. The van der Waals surface area contributed by atoms with Crippen LogP contribution in [0, 0.1) is 0 Å². The SMILES string of the molecule is C=C[C@@](C)(O)CCC=C(C)C(=O)OC(=O)c1cc(O[C@@H]2O[C@H](CO)[C@@H](O)[C@H](O)[C@H]2O[C@@H]2OC[C@@](O)(CO)[C@@H]2O)ccc1O. The predicted octanol–water partition coefficient (Wildman–Crippen LogP) is -1.62. The normalized spacial score (nSPS) is 32.6. The van der Waals surface area contributed by atoms with Crippen LogP contribution in [0.3, 0.4) is 0 Å². The summed E-state index contributed by atoms with van der Waals surface area (Å²) in [6.45, 7) is 4.34. The van der Waals surface area contributed by atoms with E-state index in [1.807, 2.05) is 0 Å². The number of aliphatic hydroxyl groups is 7. The number of hydrogen-bond acceptors (Lipinski definition) is 15. The van der Waals surface area contributed by atoms with E-state index in [9.17, 15) is 50.4 Å². The van der Waals surface area contributed by atoms with Crippen LogP contribution in [-0.2, 0) is 23.7 Å². The summed E-state index contributed by atoms with van der Waals surface area (Å²) in [5.41, 5.74) is -3.62. The number of carbonyl (C=O) groups excluding carboxylic acids is 2. The summed E-state index contributed by atoms with van der Waals surface area (Å²) in [5, 5.41) is 80.9. The maximum Gasteiger partial charge on any atom is 0.349 e. The van der Waals surface area contributed by atoms with Gasteiger partial charge in [0.15, 0.2) is 12.4 Å². The molecule has 2 aliphatic rings. The van der Waals surface area contributed by atoms with E-state index in [0.717, 1.165) is 12.1 Å². The number of benzene rings is 1. The molecule has 43 heavy (non-hydrogen) atoms. The molecule has 2 aliphatic heterocycles. The van der Waals surface area contributed by atoms with Crippen molar-refractivity contribution in [3.63, 3.8) is 0 Å². The molecule has 2 fully saturated rings. The van der Waals surface area contributed by atoms with Crippen LogP contribution in [0.5, 0.6) is 11.5 Å². The van der Waals surface area contributed by atoms with Gasteiger partial charge >= 0.3 is 11.9 Å². The number of aliphatic hydroxyl groups excluding tert-OH is 5. The predicted molar refractivity (Wildman–Crippen MR) is 143 cm³/mol. The summed E-state index contributed by atoms with van der Waals surface area (Å²) in [6.07, 6.45) is -8.04. The molecule has 8 N–H and O–H groups in total. The zero-order valence-corrected chi connectivity index (χ0v) is 23.6. The number of ether oxygens (including phenoxy) is 5. The molecular weight excluding hydrogens is 576 g/mol. The molecule has 0 unspecified atom stereocenters. The second-order valence-corrected chi connectivity index (χ2v) is 10.7. The van der Waals surface area contributed by atoms with Crippen LogP contribution in [0.1, 0.15) is 37.0 Å². The van der Waals surface area contributed by atoms with Gasteiger partial charge in [0.05, 0.1) is 25.4 Å². The minimum Gasteiger partial charge on any atom is -0.507 e. The van der Waals surface area contributed by atoms with Gasteiger partial charge in [0.2, 0.25) is 6.29 Å². The Morgan fingerprint density at radius 1 is 1.19 bits per heavy atom. The van der Waals surface area contributed by atoms with E-state index in [0.29, 0.717) is 0 Å². The van der Waals surface area contributed by atoms with Crippen molar-refractivity contribution in [2.24, 2.45) is 0 Å². The van der Waals surface area contributed by atoms with Gasteiger partial charge < -0.3 is 64.5 Å². The van der Waals surface area contributed by atoms with Gasteiger partial charge in [-0.3, -0.25) is 0 Å². The Hall–Kier alpha value is -2.96. The lowest BCUT2D eigenvalue weighted by Crippen LogP contribution is -2.62. The Bertz CT molecular complexity index is 1180. The van der Waals surface area contributed by atoms with E-state index in [1.54, 1.807) is 6.92 Å². The van der Waals surface area contributed by atoms with E-state index < -0.39 is 97.4 Å². The molecule has 1 aromatic carbocycles. The summed E-state index contributed by atoms with van der Waals surface area (Å²) in [6, 6.07) is 3.25. The van der Waals surface area contributed by atoms with Crippen molar-refractivity contribution in [3.8, 4) is 11.5 Å². The number of phenols is 1. The monoisotopic (exact) mass is 614 g/mol. The van der Waals surface area contributed by atoms with Gasteiger partial charge in [-0.15, -0.1) is 6.58 Å². The summed E-state index contributed by atoms with van der Waals surface area (Å²) in [7, 11) is 0. The number of rotatable bonds is 12. The van der Waals surface area contributed by atoms with Gasteiger partial charge in [0.25, 0.3) is 0 Å². The molecule has 240 valence electrons. The quantitative estimate of drug-likeness (QED) is 0.0571. The van der Waals surface area contributed by atoms with Crippen molar-refractivity contribution >= 4 is 11.9 Å². The number of aromatic hydroxyl groups is 1. The Morgan fingerprint density at radius 3 is 2.49 bits per heavy atom. The van der Waals surface area contributed by atoms with Crippen LogP contribution < -0.4 is 4.74 Å². The first-order chi connectivity index (χ1) is 20.2. The summed E-state index contributed by atoms with van der Waals surface area (Å²) < 4.78 is 26.9. The molecule has 2 saturated heterocycles. The lowest BCUT2D eigenvalue weighted by Gasteiger charge is -2.42. The highest BCUT2D eigenvalue weighted by Gasteiger charge is 2.53. The average Bonchev–Trinajstić information content (AvgIpc) is 3.26. The molecule has 0 amide bonds. The molecular formula is C28H38O15. The summed E-state index contributed by atoms with van der Waals surface area (Å²) in [4.78, 5) is 25.1. The minimum absolute atomic E-state index is 0.0720. The molecule has 0 aromatic heterocycles. The molecule has 0 aliphatic carbocycles. The second kappa shape index (κ2) is 14.2. The number of hydrogen-bond donors (Lipinski definition) is 8. The van der Waals surface area contributed by atoms with Gasteiger partial charge in [-0.05, 0) is 44.9 Å². The van der Waals surface area contributed by atoms with Crippen molar-refractivity contribution in [2.45, 2.75) is 81.0 Å². The van der Waals surface area contributed by atoms with Gasteiger partial charge in [-0.1, -0.05) is 12.2 Å². The van der Waals surface area contributed by atoms with Gasteiger partial charge in [0.1, 0.15) is 47.1 Å². The molecule has 2 heterocycles. The minimum atomic E-state index is -2.06. The van der Waals surface area contributed by atoms with Crippen LogP contribution in [0.4, 0.5) is 0 Å². The molecule has 1 aromatic rings. The molecule has 15 nitrogen and oxygen atoms in total. The third kappa shape index (κ3) is 8.16. The van der Waals surface area contributed by atoms with Crippen molar-refractivity contribution < 1.29 is 74.1 Å². The molecule has 0 spiro atoms. The average molecular weight is 615 g/mol. The Morgan fingerprint density at radius 2 is 1.88 bits per heavy atom. The number of allylic oxidation sites excluding steroid dienone is 1. The number of esters is 2. The Balaban J connectivity index is 1.76. The lowest BCUT2D eigenvalue weighted by atomic mass is 9.98. The van der Waals surface area contributed by atoms with Gasteiger partial charge in [0, 0.05) is 5.57 Å². The van der Waals surface area contributed by atoms with E-state index in [1.165, 1.54) is 25.1 Å². The highest BCUT2D eigenvalue weighted by Crippen LogP contribution is 2.33. The van der Waals surface area contributed by atoms with Crippen LogP contribution in [-0.4, -0.2) is 127 Å². The van der Waals surface area contributed by atoms with Crippen molar-refractivity contribution in [1.29, 1.82) is 0 Å². The number of phenolic OH excluding ortho intramolecular Hbond substituents is 1. The first-order valence-electron chi connectivity index (χ1n) is 13.4. The summed E-state index contributed by atoms with van der Waals surface area (Å²) in [5.74, 6) is -2.97. The van der Waals surface area contributed by atoms with Crippen molar-refractivity contribution in [3.05, 3.63) is 48.1 Å². The van der Waals surface area contributed by atoms with Crippen molar-refractivity contribution in [2.75, 3.05) is 19.8 Å². The Kier molecular flexibility index (Phi) is 11.4. The maximum atomic E-state index is 12.7. The molecule has 15 heteroatoms. The first kappa shape index (κ1) is 34.5. The highest BCUT2D eigenvalue weighted by molar-refractivity contribution is 6.03. The van der Waals surface area contributed by atoms with Crippen LogP contribution in [0.2, 0.25) is 0 Å². The Labute approximate surface area is 246 Å². The largest absolute Gasteiger partial charge is 0.507 e. The molecule has 0 radical (unpaired) electrons. The number of carbonyl (C=O) groups is 2. The third-order valence-electron chi connectivity index (χ3n) is 7.18. The topological polar surface area (TPSA) is 242 Å². The molecule has 0 saturated carbocycles. The summed E-state index contributed by atoms with van der Waals surface area (Å²) >= 11 is 0. The third-order valence-corrected chi connectivity index (χ3v) is 7.18. The van der Waals surface area contributed by atoms with Crippen LogP contribution >= 0.6 is 0 Å². The fourth-order valence-corrected chi connectivity index (χ4v) is 4.23. The maximum absolute atomic E-state index is 12.7. The van der Waals surface area contributed by atoms with E-state index in [-0.39, 0.29) is 24.2 Å². The van der Waals surface area contributed by atoms with E-state index in [2.05, 4.69) is 6.58 Å². The smallest absolute Gasteiger partial charge is 0.349 e. The molecule has 9 atom stereocenters. The van der Waals surface area contributed by atoms with E-state index >= 15 is 0 Å². The van der Waals surface area contributed by atoms with Gasteiger partial charge in [-0.2, -0.15) is 0 Å². The first-order valence-corrected chi connectivity index (χ1v) is 13.4. The fourth-order valence-electron chi connectivity index (χ4n) is 4.23.